The number of carboxylic acid groups (broad SMARTS) is 2. The second kappa shape index (κ2) is 6.91. The number of nitrogens with zero attached hydrogens (tertiary/aromatic N) is 1. The van der Waals surface area contributed by atoms with Gasteiger partial charge in [-0.1, -0.05) is 12.1 Å². The average molecular weight is 291 g/mol. The first-order chi connectivity index (χ1) is 9.85. The zero-order valence-corrected chi connectivity index (χ0v) is 11.1. The van der Waals surface area contributed by atoms with Gasteiger partial charge in [0.2, 0.25) is 0 Å². The van der Waals surface area contributed by atoms with Crippen LogP contribution in [0.25, 0.3) is 0 Å². The molecule has 110 valence electrons. The third-order valence-electron chi connectivity index (χ3n) is 2.61. The van der Waals surface area contributed by atoms with E-state index in [4.69, 9.17) is 15.5 Å². The number of rotatable bonds is 5. The van der Waals surface area contributed by atoms with Crippen molar-refractivity contribution in [1.29, 1.82) is 5.26 Å². The van der Waals surface area contributed by atoms with Gasteiger partial charge in [0.25, 0.3) is 0 Å². The Morgan fingerprint density at radius 3 is 2.52 bits per heavy atom. The van der Waals surface area contributed by atoms with E-state index < -0.39 is 30.4 Å². The van der Waals surface area contributed by atoms with Crippen LogP contribution in [-0.4, -0.2) is 34.2 Å². The summed E-state index contributed by atoms with van der Waals surface area (Å²) in [6.07, 6.45) is -0.748. The Balaban J connectivity index is 2.82. The van der Waals surface area contributed by atoms with Crippen LogP contribution in [0.5, 0.6) is 0 Å². The largest absolute Gasteiger partial charge is 0.481 e. The van der Waals surface area contributed by atoms with Crippen molar-refractivity contribution in [2.24, 2.45) is 0 Å². The molecule has 8 nitrogen and oxygen atoms in total. The molecule has 0 bridgehead atoms. The summed E-state index contributed by atoms with van der Waals surface area (Å²) in [7, 11) is 0. The first-order valence-electron chi connectivity index (χ1n) is 5.87. The Labute approximate surface area is 120 Å². The maximum absolute atomic E-state index is 11.7. The van der Waals surface area contributed by atoms with Crippen LogP contribution in [0, 0.1) is 18.3 Å². The molecule has 0 fully saturated rings. The van der Waals surface area contributed by atoms with Gasteiger partial charge in [0.1, 0.15) is 12.1 Å². The van der Waals surface area contributed by atoms with Crippen LogP contribution < -0.4 is 10.6 Å². The molecule has 2 amide bonds. The number of benzene rings is 1. The second-order valence-electron chi connectivity index (χ2n) is 4.20. The zero-order valence-electron chi connectivity index (χ0n) is 11.1. The molecule has 0 saturated heterocycles. The highest BCUT2D eigenvalue weighted by atomic mass is 16.4. The number of urea groups is 1. The molecule has 1 aromatic carbocycles. The van der Waals surface area contributed by atoms with E-state index in [9.17, 15) is 14.4 Å². The summed E-state index contributed by atoms with van der Waals surface area (Å²) < 4.78 is 0. The van der Waals surface area contributed by atoms with Crippen molar-refractivity contribution in [3.8, 4) is 6.07 Å². The van der Waals surface area contributed by atoms with E-state index in [1.807, 2.05) is 11.4 Å². The molecule has 0 heterocycles. The van der Waals surface area contributed by atoms with Crippen molar-refractivity contribution in [3.63, 3.8) is 0 Å². The first kappa shape index (κ1) is 16.0. The highest BCUT2D eigenvalue weighted by Crippen LogP contribution is 2.18. The highest BCUT2D eigenvalue weighted by molar-refractivity contribution is 5.94. The molecule has 0 aliphatic carbocycles. The molecule has 0 saturated carbocycles. The molecular weight excluding hydrogens is 278 g/mol. The summed E-state index contributed by atoms with van der Waals surface area (Å²) in [6, 6.07) is 4.26. The predicted molar refractivity (Wildman–Crippen MR) is 71.7 cm³/mol. The van der Waals surface area contributed by atoms with Gasteiger partial charge >= 0.3 is 18.0 Å². The summed E-state index contributed by atoms with van der Waals surface area (Å²) in [5.41, 5.74) is 1.11. The molecule has 0 radical (unpaired) electrons. The van der Waals surface area contributed by atoms with Crippen molar-refractivity contribution in [2.45, 2.75) is 19.4 Å². The SMILES string of the molecule is Cc1cccc(NC(=O)N[C@@H](CC(=O)O)C(=O)O)c1C#N. The number of hydrogen-bond acceptors (Lipinski definition) is 4. The van der Waals surface area contributed by atoms with Crippen LogP contribution in [0.15, 0.2) is 18.2 Å². The molecule has 21 heavy (non-hydrogen) atoms. The van der Waals surface area contributed by atoms with Crippen molar-refractivity contribution in [1.82, 2.24) is 5.32 Å². The van der Waals surface area contributed by atoms with E-state index in [0.29, 0.717) is 5.56 Å². The summed E-state index contributed by atoms with van der Waals surface area (Å²) in [5.74, 6) is -2.81. The minimum Gasteiger partial charge on any atom is -0.481 e. The Morgan fingerprint density at radius 1 is 1.33 bits per heavy atom. The van der Waals surface area contributed by atoms with Crippen molar-refractivity contribution >= 4 is 23.7 Å². The van der Waals surface area contributed by atoms with Crippen molar-refractivity contribution < 1.29 is 24.6 Å². The number of carbonyl (C=O) groups excluding carboxylic acids is 1. The Bertz CT molecular complexity index is 621. The predicted octanol–water partition coefficient (Wildman–Crippen LogP) is 0.916. The first-order valence-corrected chi connectivity index (χ1v) is 5.87. The van der Waals surface area contributed by atoms with E-state index in [2.05, 4.69) is 5.32 Å². The van der Waals surface area contributed by atoms with Crippen LogP contribution in [0.1, 0.15) is 17.5 Å². The average Bonchev–Trinajstić information content (AvgIpc) is 2.37. The molecule has 0 spiro atoms. The van der Waals surface area contributed by atoms with Crippen molar-refractivity contribution in [3.05, 3.63) is 29.3 Å². The van der Waals surface area contributed by atoms with Gasteiger partial charge in [-0.2, -0.15) is 5.26 Å². The molecule has 4 N–H and O–H groups in total. The lowest BCUT2D eigenvalue weighted by molar-refractivity contribution is -0.145. The van der Waals surface area contributed by atoms with Crippen LogP contribution in [0.3, 0.4) is 0 Å². The van der Waals surface area contributed by atoms with Crippen LogP contribution in [-0.2, 0) is 9.59 Å². The summed E-state index contributed by atoms with van der Waals surface area (Å²) in [4.78, 5) is 33.1. The number of amides is 2. The molecule has 1 rings (SSSR count). The topological polar surface area (TPSA) is 140 Å². The molecule has 1 atom stereocenters. The van der Waals surface area contributed by atoms with E-state index in [0.717, 1.165) is 0 Å². The van der Waals surface area contributed by atoms with E-state index >= 15 is 0 Å². The van der Waals surface area contributed by atoms with Gasteiger partial charge in [-0.25, -0.2) is 9.59 Å². The van der Waals surface area contributed by atoms with Crippen LogP contribution in [0.2, 0.25) is 0 Å². The van der Waals surface area contributed by atoms with E-state index in [-0.39, 0.29) is 11.3 Å². The van der Waals surface area contributed by atoms with Gasteiger partial charge in [-0.05, 0) is 18.6 Å². The lowest BCUT2D eigenvalue weighted by atomic mass is 10.1. The molecular formula is C13H13N3O5. The zero-order chi connectivity index (χ0) is 16.0. The van der Waals surface area contributed by atoms with Gasteiger partial charge in [-0.15, -0.1) is 0 Å². The maximum atomic E-state index is 11.7. The Hall–Kier alpha value is -3.08. The third kappa shape index (κ3) is 4.50. The van der Waals surface area contributed by atoms with Gasteiger partial charge in [-0.3, -0.25) is 4.79 Å². The number of nitrogens with one attached hydrogen (secondary N) is 2. The molecule has 0 aliphatic heterocycles. The molecule has 0 unspecified atom stereocenters. The van der Waals surface area contributed by atoms with Crippen LogP contribution >= 0.6 is 0 Å². The number of aryl methyl sites for hydroxylation is 1. The fourth-order valence-electron chi connectivity index (χ4n) is 1.61. The van der Waals surface area contributed by atoms with E-state index in [1.54, 1.807) is 19.1 Å². The lowest BCUT2D eigenvalue weighted by Gasteiger charge is -2.14. The highest BCUT2D eigenvalue weighted by Gasteiger charge is 2.23. The summed E-state index contributed by atoms with van der Waals surface area (Å²) in [6.45, 7) is 1.69. The molecule has 0 aliphatic rings. The quantitative estimate of drug-likeness (QED) is 0.636. The number of carbonyl (C=O) groups is 3. The molecule has 0 aromatic heterocycles. The Morgan fingerprint density at radius 2 is 2.00 bits per heavy atom. The number of aliphatic carboxylic acids is 2. The minimum atomic E-state index is -1.56. The Kier molecular flexibility index (Phi) is 5.25. The number of hydrogen-bond donors (Lipinski definition) is 4. The smallest absolute Gasteiger partial charge is 0.326 e. The lowest BCUT2D eigenvalue weighted by Crippen LogP contribution is -2.44. The normalized spacial score (nSPS) is 11.0. The number of anilines is 1. The monoisotopic (exact) mass is 291 g/mol. The van der Waals surface area contributed by atoms with E-state index in [1.165, 1.54) is 6.07 Å². The molecule has 1 aromatic rings. The summed E-state index contributed by atoms with van der Waals surface area (Å²) >= 11 is 0. The fraction of sp³-hybridized carbons (Fsp3) is 0.231. The van der Waals surface area contributed by atoms with Gasteiger partial charge in [0.05, 0.1) is 17.7 Å². The fourth-order valence-corrected chi connectivity index (χ4v) is 1.61. The van der Waals surface area contributed by atoms with Crippen molar-refractivity contribution in [2.75, 3.05) is 5.32 Å². The summed E-state index contributed by atoms with van der Waals surface area (Å²) in [5, 5.41) is 30.8. The minimum absolute atomic E-state index is 0.217. The van der Waals surface area contributed by atoms with Gasteiger partial charge in [0.15, 0.2) is 0 Å². The third-order valence-corrected chi connectivity index (χ3v) is 2.61. The van der Waals surface area contributed by atoms with Crippen LogP contribution in [0.4, 0.5) is 10.5 Å². The van der Waals surface area contributed by atoms with Gasteiger partial charge < -0.3 is 20.8 Å². The van der Waals surface area contributed by atoms with Gasteiger partial charge in [0, 0.05) is 0 Å². The standard InChI is InChI=1S/C13H13N3O5/c1-7-3-2-4-9(8(7)6-14)15-13(21)16-10(12(19)20)5-11(17)18/h2-4,10H,5H2,1H3,(H,17,18)(H,19,20)(H2,15,16,21)/t10-/m0/s1. The number of nitriles is 1. The number of carboxylic acids is 2. The second-order valence-corrected chi connectivity index (χ2v) is 4.20. The maximum Gasteiger partial charge on any atom is 0.326 e. The molecule has 8 heteroatoms.